The quantitative estimate of drug-likeness (QED) is 0.798. The highest BCUT2D eigenvalue weighted by Crippen LogP contribution is 2.14. The van der Waals surface area contributed by atoms with E-state index in [0.29, 0.717) is 18.6 Å². The first-order chi connectivity index (χ1) is 8.24. The number of hydrogen-bond acceptors (Lipinski definition) is 4. The van der Waals surface area contributed by atoms with Gasteiger partial charge in [-0.05, 0) is 31.2 Å². The summed E-state index contributed by atoms with van der Waals surface area (Å²) in [5, 5.41) is 5.02. The highest BCUT2D eigenvalue weighted by molar-refractivity contribution is 7.10. The minimum Gasteiger partial charge on any atom is -0.299 e. The average Bonchev–Trinajstić information content (AvgIpc) is 2.90. The summed E-state index contributed by atoms with van der Waals surface area (Å²) in [5.74, 6) is 0.302. The van der Waals surface area contributed by atoms with E-state index in [1.54, 1.807) is 22.7 Å². The summed E-state index contributed by atoms with van der Waals surface area (Å²) in [6.07, 6.45) is 3.13. The van der Waals surface area contributed by atoms with Crippen molar-refractivity contribution in [1.29, 1.82) is 0 Å². The van der Waals surface area contributed by atoms with Crippen LogP contribution in [-0.4, -0.2) is 10.8 Å². The van der Waals surface area contributed by atoms with Crippen molar-refractivity contribution >= 4 is 28.5 Å². The molecule has 2 aromatic heterocycles. The molecule has 0 aliphatic heterocycles. The van der Waals surface area contributed by atoms with E-state index in [0.717, 1.165) is 23.5 Å². The number of carbonyl (C=O) groups is 1. The largest absolute Gasteiger partial charge is 0.299 e. The molecule has 0 fully saturated rings. The molecule has 0 aromatic carbocycles. The third kappa shape index (κ3) is 4.06. The summed E-state index contributed by atoms with van der Waals surface area (Å²) in [5.41, 5.74) is 1.01. The zero-order chi connectivity index (χ0) is 12.1. The zero-order valence-corrected chi connectivity index (χ0v) is 11.4. The Hall–Kier alpha value is -1.00. The van der Waals surface area contributed by atoms with Crippen molar-refractivity contribution in [2.45, 2.75) is 32.6 Å². The topological polar surface area (TPSA) is 30.0 Å². The van der Waals surface area contributed by atoms with Gasteiger partial charge < -0.3 is 0 Å². The third-order valence-corrected chi connectivity index (χ3v) is 4.38. The van der Waals surface area contributed by atoms with Crippen LogP contribution in [0.3, 0.4) is 0 Å². The lowest BCUT2D eigenvalue weighted by Gasteiger charge is -1.98. The molecule has 0 amide bonds. The lowest BCUT2D eigenvalue weighted by molar-refractivity contribution is -0.118. The number of Topliss-reactive ketones (excluding diaryl/α,β-unsaturated/α-hetero) is 1. The molecule has 0 spiro atoms. The molecular formula is C13H15NOS2. The maximum absolute atomic E-state index is 11.7. The van der Waals surface area contributed by atoms with Gasteiger partial charge in [0.15, 0.2) is 0 Å². The Bertz CT molecular complexity index is 473. The summed E-state index contributed by atoms with van der Waals surface area (Å²) in [6.45, 7) is 1.96. The van der Waals surface area contributed by atoms with Crippen molar-refractivity contribution in [3.8, 4) is 0 Å². The van der Waals surface area contributed by atoms with Gasteiger partial charge in [-0.25, -0.2) is 4.98 Å². The number of thiazole rings is 1. The average molecular weight is 265 g/mol. The maximum atomic E-state index is 11.7. The number of carbonyl (C=O) groups excluding carboxylic acids is 1. The molecule has 90 valence electrons. The second-order valence-corrected chi connectivity index (χ2v) is 6.01. The molecule has 0 radical (unpaired) electrons. The van der Waals surface area contributed by atoms with E-state index < -0.39 is 0 Å². The van der Waals surface area contributed by atoms with Crippen LogP contribution in [0.15, 0.2) is 22.9 Å². The molecule has 0 unspecified atom stereocenters. The molecule has 17 heavy (non-hydrogen) atoms. The molecule has 0 aliphatic rings. The number of aromatic nitrogens is 1. The summed E-state index contributed by atoms with van der Waals surface area (Å²) in [4.78, 5) is 17.4. The molecule has 2 rings (SSSR count). The van der Waals surface area contributed by atoms with Crippen LogP contribution in [-0.2, 0) is 17.6 Å². The first kappa shape index (κ1) is 12.5. The Labute approximate surface area is 109 Å². The first-order valence-corrected chi connectivity index (χ1v) is 7.45. The van der Waals surface area contributed by atoms with Crippen LogP contribution in [0, 0.1) is 6.92 Å². The Balaban J connectivity index is 1.71. The van der Waals surface area contributed by atoms with Crippen molar-refractivity contribution in [2.75, 3.05) is 0 Å². The standard InChI is InChI=1S/C13H15NOS2/c1-10-9-17-13(14-10)8-11(15)4-2-5-12-6-3-7-16-12/h3,6-7,9H,2,4-5,8H2,1H3. The number of aryl methyl sites for hydroxylation is 2. The molecule has 2 nitrogen and oxygen atoms in total. The number of ketones is 1. The van der Waals surface area contributed by atoms with Gasteiger partial charge in [0.1, 0.15) is 10.8 Å². The maximum Gasteiger partial charge on any atom is 0.139 e. The summed E-state index contributed by atoms with van der Waals surface area (Å²) in [6, 6.07) is 4.18. The number of nitrogens with zero attached hydrogens (tertiary/aromatic N) is 1. The van der Waals surface area contributed by atoms with E-state index in [2.05, 4.69) is 22.5 Å². The minimum atomic E-state index is 0.302. The molecular weight excluding hydrogens is 250 g/mol. The Morgan fingerprint density at radius 2 is 2.29 bits per heavy atom. The Morgan fingerprint density at radius 1 is 1.41 bits per heavy atom. The van der Waals surface area contributed by atoms with Gasteiger partial charge in [-0.2, -0.15) is 0 Å². The Morgan fingerprint density at radius 3 is 2.94 bits per heavy atom. The number of rotatable bonds is 6. The van der Waals surface area contributed by atoms with E-state index >= 15 is 0 Å². The highest BCUT2D eigenvalue weighted by Gasteiger charge is 2.07. The smallest absolute Gasteiger partial charge is 0.139 e. The van der Waals surface area contributed by atoms with Crippen LogP contribution in [0.4, 0.5) is 0 Å². The van der Waals surface area contributed by atoms with Crippen molar-refractivity contribution in [3.63, 3.8) is 0 Å². The van der Waals surface area contributed by atoms with Crippen LogP contribution in [0.5, 0.6) is 0 Å². The van der Waals surface area contributed by atoms with Gasteiger partial charge in [0.25, 0.3) is 0 Å². The van der Waals surface area contributed by atoms with Gasteiger partial charge in [0, 0.05) is 22.4 Å². The lowest BCUT2D eigenvalue weighted by atomic mass is 10.1. The van der Waals surface area contributed by atoms with Crippen LogP contribution >= 0.6 is 22.7 Å². The van der Waals surface area contributed by atoms with Crippen LogP contribution in [0.2, 0.25) is 0 Å². The summed E-state index contributed by atoms with van der Waals surface area (Å²) >= 11 is 3.34. The fraction of sp³-hybridized carbons (Fsp3) is 0.385. The molecule has 2 aromatic rings. The van der Waals surface area contributed by atoms with Crippen molar-refractivity contribution in [1.82, 2.24) is 4.98 Å². The molecule has 2 heterocycles. The monoisotopic (exact) mass is 265 g/mol. The minimum absolute atomic E-state index is 0.302. The van der Waals surface area contributed by atoms with Gasteiger partial charge >= 0.3 is 0 Å². The van der Waals surface area contributed by atoms with Crippen LogP contribution < -0.4 is 0 Å². The fourth-order valence-electron chi connectivity index (χ4n) is 1.66. The molecule has 0 aliphatic carbocycles. The van der Waals surface area contributed by atoms with E-state index in [9.17, 15) is 4.79 Å². The lowest BCUT2D eigenvalue weighted by Crippen LogP contribution is -2.02. The molecule has 0 N–H and O–H groups in total. The normalized spacial score (nSPS) is 10.6. The van der Waals surface area contributed by atoms with Crippen molar-refractivity contribution < 1.29 is 4.79 Å². The van der Waals surface area contributed by atoms with Gasteiger partial charge in [0.2, 0.25) is 0 Å². The van der Waals surface area contributed by atoms with E-state index in [1.165, 1.54) is 4.88 Å². The second-order valence-electron chi connectivity index (χ2n) is 4.03. The van der Waals surface area contributed by atoms with Crippen molar-refractivity contribution in [3.05, 3.63) is 38.5 Å². The van der Waals surface area contributed by atoms with Gasteiger partial charge in [-0.15, -0.1) is 22.7 Å². The van der Waals surface area contributed by atoms with Gasteiger partial charge in [-0.3, -0.25) is 4.79 Å². The number of hydrogen-bond donors (Lipinski definition) is 0. The van der Waals surface area contributed by atoms with Gasteiger partial charge in [0.05, 0.1) is 6.42 Å². The van der Waals surface area contributed by atoms with Crippen LogP contribution in [0.25, 0.3) is 0 Å². The van der Waals surface area contributed by atoms with Crippen LogP contribution in [0.1, 0.15) is 28.4 Å². The molecule has 0 bridgehead atoms. The Kier molecular flexibility index (Phi) is 4.45. The fourth-order valence-corrected chi connectivity index (χ4v) is 3.21. The van der Waals surface area contributed by atoms with E-state index in [4.69, 9.17) is 0 Å². The SMILES string of the molecule is Cc1csc(CC(=O)CCCc2cccs2)n1. The molecule has 0 saturated heterocycles. The van der Waals surface area contributed by atoms with E-state index in [-0.39, 0.29) is 0 Å². The predicted octanol–water partition coefficient (Wildman–Crippen LogP) is 3.65. The first-order valence-electron chi connectivity index (χ1n) is 5.69. The highest BCUT2D eigenvalue weighted by atomic mass is 32.1. The predicted molar refractivity (Wildman–Crippen MR) is 72.8 cm³/mol. The van der Waals surface area contributed by atoms with E-state index in [1.807, 2.05) is 12.3 Å². The van der Waals surface area contributed by atoms with Gasteiger partial charge in [-0.1, -0.05) is 6.07 Å². The molecule has 0 saturated carbocycles. The summed E-state index contributed by atoms with van der Waals surface area (Å²) < 4.78 is 0. The number of thiophene rings is 1. The molecule has 0 atom stereocenters. The zero-order valence-electron chi connectivity index (χ0n) is 9.81. The second kappa shape index (κ2) is 6.07. The van der Waals surface area contributed by atoms with Crippen molar-refractivity contribution in [2.24, 2.45) is 0 Å². The third-order valence-electron chi connectivity index (χ3n) is 2.47. The molecule has 4 heteroatoms. The summed E-state index contributed by atoms with van der Waals surface area (Å²) in [7, 11) is 0.